The Morgan fingerprint density at radius 2 is 1.91 bits per heavy atom. The second-order valence-electron chi connectivity index (χ2n) is 6.79. The number of nitrogens with one attached hydrogen (secondary N) is 1. The van der Waals surface area contributed by atoms with Crippen LogP contribution in [-0.2, 0) is 10.0 Å². The second-order valence-corrected chi connectivity index (χ2v) is 8.80. The fourth-order valence-electron chi connectivity index (χ4n) is 3.05. The summed E-state index contributed by atoms with van der Waals surface area (Å²) >= 11 is 0. The molecule has 23 heavy (non-hydrogen) atoms. The van der Waals surface area contributed by atoms with Crippen molar-refractivity contribution in [2.75, 3.05) is 18.8 Å². The van der Waals surface area contributed by atoms with E-state index in [9.17, 15) is 12.8 Å². The van der Waals surface area contributed by atoms with E-state index < -0.39 is 10.0 Å². The lowest BCUT2D eigenvalue weighted by molar-refractivity contribution is 0.276. The highest BCUT2D eigenvalue weighted by Crippen LogP contribution is 2.20. The van der Waals surface area contributed by atoms with E-state index in [4.69, 9.17) is 0 Å². The molecule has 1 atom stereocenters. The van der Waals surface area contributed by atoms with E-state index in [1.165, 1.54) is 6.07 Å². The summed E-state index contributed by atoms with van der Waals surface area (Å²) in [6.45, 7) is 6.97. The first-order valence-corrected chi connectivity index (χ1v) is 9.88. The van der Waals surface area contributed by atoms with E-state index >= 15 is 0 Å². The first-order valence-electron chi connectivity index (χ1n) is 8.27. The molecular weight excluding hydrogens is 315 g/mol. The van der Waals surface area contributed by atoms with Gasteiger partial charge in [0.05, 0.1) is 5.75 Å². The fourth-order valence-corrected chi connectivity index (χ4v) is 4.87. The summed E-state index contributed by atoms with van der Waals surface area (Å²) in [5, 5.41) is 3.49. The average molecular weight is 342 g/mol. The number of halogens is 1. The van der Waals surface area contributed by atoms with Gasteiger partial charge in [0.15, 0.2) is 0 Å². The zero-order valence-electron chi connectivity index (χ0n) is 14.1. The SMILES string of the molecule is CC(C)CS(=O)(=O)N1CCC(NC(C)c2cccc(F)c2)CC1. The van der Waals surface area contributed by atoms with Gasteiger partial charge >= 0.3 is 0 Å². The zero-order valence-corrected chi connectivity index (χ0v) is 14.9. The predicted octanol–water partition coefficient (Wildman–Crippen LogP) is 2.93. The van der Waals surface area contributed by atoms with Crippen molar-refractivity contribution >= 4 is 10.0 Å². The smallest absolute Gasteiger partial charge is 0.214 e. The van der Waals surface area contributed by atoms with Crippen LogP contribution in [0.2, 0.25) is 0 Å². The van der Waals surface area contributed by atoms with Gasteiger partial charge in [-0.05, 0) is 43.4 Å². The summed E-state index contributed by atoms with van der Waals surface area (Å²) in [7, 11) is -3.14. The van der Waals surface area contributed by atoms with Crippen LogP contribution in [0.3, 0.4) is 0 Å². The van der Waals surface area contributed by atoms with Crippen LogP contribution >= 0.6 is 0 Å². The minimum Gasteiger partial charge on any atom is -0.307 e. The minimum atomic E-state index is -3.14. The molecule has 2 rings (SSSR count). The Morgan fingerprint density at radius 3 is 2.48 bits per heavy atom. The van der Waals surface area contributed by atoms with Gasteiger partial charge in [-0.3, -0.25) is 0 Å². The second kappa shape index (κ2) is 7.73. The Balaban J connectivity index is 1.87. The maximum absolute atomic E-state index is 13.3. The lowest BCUT2D eigenvalue weighted by atomic mass is 10.0. The number of benzene rings is 1. The lowest BCUT2D eigenvalue weighted by Crippen LogP contribution is -2.46. The predicted molar refractivity (Wildman–Crippen MR) is 91.2 cm³/mol. The van der Waals surface area contributed by atoms with Gasteiger partial charge in [0, 0.05) is 25.2 Å². The number of piperidine rings is 1. The van der Waals surface area contributed by atoms with E-state index in [1.54, 1.807) is 16.4 Å². The van der Waals surface area contributed by atoms with Crippen LogP contribution in [0.15, 0.2) is 24.3 Å². The molecule has 0 aromatic heterocycles. The molecule has 1 unspecified atom stereocenters. The number of hydrogen-bond acceptors (Lipinski definition) is 3. The fraction of sp³-hybridized carbons (Fsp3) is 0.647. The zero-order chi connectivity index (χ0) is 17.0. The quantitative estimate of drug-likeness (QED) is 0.865. The molecule has 4 nitrogen and oxygen atoms in total. The van der Waals surface area contributed by atoms with Crippen LogP contribution in [-0.4, -0.2) is 37.6 Å². The molecule has 1 aromatic rings. The van der Waals surface area contributed by atoms with Gasteiger partial charge in [0.2, 0.25) is 10.0 Å². The average Bonchev–Trinajstić information content (AvgIpc) is 2.46. The monoisotopic (exact) mass is 342 g/mol. The van der Waals surface area contributed by atoms with Gasteiger partial charge in [-0.25, -0.2) is 17.1 Å². The Bertz CT molecular complexity index is 611. The van der Waals surface area contributed by atoms with Gasteiger partial charge < -0.3 is 5.32 Å². The molecule has 0 radical (unpaired) electrons. The summed E-state index contributed by atoms with van der Waals surface area (Å²) in [6, 6.07) is 6.91. The highest BCUT2D eigenvalue weighted by atomic mass is 32.2. The van der Waals surface area contributed by atoms with Gasteiger partial charge in [-0.2, -0.15) is 0 Å². The third kappa shape index (κ3) is 5.26. The standard InChI is InChI=1S/C17H27FN2O2S/c1-13(2)12-23(21,22)20-9-7-17(8-10-20)19-14(3)15-5-4-6-16(18)11-15/h4-6,11,13-14,17,19H,7-10,12H2,1-3H3. The van der Waals surface area contributed by atoms with Crippen molar-refractivity contribution < 1.29 is 12.8 Å². The van der Waals surface area contributed by atoms with Crippen molar-refractivity contribution in [3.8, 4) is 0 Å². The van der Waals surface area contributed by atoms with Crippen molar-refractivity contribution in [1.29, 1.82) is 0 Å². The first-order chi connectivity index (χ1) is 10.8. The molecule has 6 heteroatoms. The highest BCUT2D eigenvalue weighted by Gasteiger charge is 2.28. The molecular formula is C17H27FN2O2S. The molecule has 0 amide bonds. The van der Waals surface area contributed by atoms with E-state index in [2.05, 4.69) is 5.32 Å². The molecule has 0 aliphatic carbocycles. The Morgan fingerprint density at radius 1 is 1.26 bits per heavy atom. The maximum Gasteiger partial charge on any atom is 0.214 e. The van der Waals surface area contributed by atoms with Gasteiger partial charge in [-0.1, -0.05) is 26.0 Å². The number of hydrogen-bond donors (Lipinski definition) is 1. The highest BCUT2D eigenvalue weighted by molar-refractivity contribution is 7.89. The van der Waals surface area contributed by atoms with Gasteiger partial charge in [0.1, 0.15) is 5.82 Å². The summed E-state index contributed by atoms with van der Waals surface area (Å²) in [6.07, 6.45) is 1.58. The van der Waals surface area contributed by atoms with E-state index in [1.807, 2.05) is 26.8 Å². The molecule has 0 saturated carbocycles. The van der Waals surface area contributed by atoms with E-state index in [-0.39, 0.29) is 29.6 Å². The van der Waals surface area contributed by atoms with Crippen LogP contribution in [0.1, 0.15) is 45.2 Å². The van der Waals surface area contributed by atoms with Gasteiger partial charge in [-0.15, -0.1) is 0 Å². The third-order valence-corrected chi connectivity index (χ3v) is 6.47. The molecule has 1 saturated heterocycles. The molecule has 1 aliphatic rings. The first kappa shape index (κ1) is 18.4. The largest absolute Gasteiger partial charge is 0.307 e. The third-order valence-electron chi connectivity index (χ3n) is 4.23. The van der Waals surface area contributed by atoms with E-state index in [0.717, 1.165) is 18.4 Å². The normalized spacial score (nSPS) is 19.2. The molecule has 1 fully saturated rings. The minimum absolute atomic E-state index is 0.0505. The molecule has 1 N–H and O–H groups in total. The molecule has 0 bridgehead atoms. The summed E-state index contributed by atoms with van der Waals surface area (Å²) in [4.78, 5) is 0. The summed E-state index contributed by atoms with van der Waals surface area (Å²) in [5.41, 5.74) is 0.917. The number of nitrogens with zero attached hydrogens (tertiary/aromatic N) is 1. The lowest BCUT2D eigenvalue weighted by Gasteiger charge is -2.33. The van der Waals surface area contributed by atoms with Crippen LogP contribution < -0.4 is 5.32 Å². The van der Waals surface area contributed by atoms with Gasteiger partial charge in [0.25, 0.3) is 0 Å². The van der Waals surface area contributed by atoms with Crippen molar-refractivity contribution in [3.63, 3.8) is 0 Å². The van der Waals surface area contributed by atoms with Crippen molar-refractivity contribution in [2.24, 2.45) is 5.92 Å². The summed E-state index contributed by atoms with van der Waals surface area (Å²) in [5.74, 6) is 0.125. The van der Waals surface area contributed by atoms with Crippen LogP contribution in [0.25, 0.3) is 0 Å². The number of sulfonamides is 1. The molecule has 1 heterocycles. The molecule has 1 aliphatic heterocycles. The Labute approximate surface area is 139 Å². The van der Waals surface area contributed by atoms with Crippen LogP contribution in [0, 0.1) is 11.7 Å². The Kier molecular flexibility index (Phi) is 6.17. The molecule has 0 spiro atoms. The van der Waals surface area contributed by atoms with Crippen molar-refractivity contribution in [1.82, 2.24) is 9.62 Å². The maximum atomic E-state index is 13.3. The van der Waals surface area contributed by atoms with Crippen molar-refractivity contribution in [2.45, 2.75) is 45.7 Å². The number of rotatable bonds is 6. The Hall–Kier alpha value is -0.980. The van der Waals surface area contributed by atoms with Crippen LogP contribution in [0.4, 0.5) is 4.39 Å². The molecule has 1 aromatic carbocycles. The summed E-state index contributed by atoms with van der Waals surface area (Å²) < 4.78 is 39.4. The van der Waals surface area contributed by atoms with E-state index in [0.29, 0.717) is 13.1 Å². The van der Waals surface area contributed by atoms with Crippen molar-refractivity contribution in [3.05, 3.63) is 35.6 Å². The van der Waals surface area contributed by atoms with Crippen LogP contribution in [0.5, 0.6) is 0 Å². The molecule has 130 valence electrons. The topological polar surface area (TPSA) is 49.4 Å².